The van der Waals surface area contributed by atoms with E-state index in [4.69, 9.17) is 11.6 Å². The van der Waals surface area contributed by atoms with Crippen molar-refractivity contribution >= 4 is 33.5 Å². The van der Waals surface area contributed by atoms with E-state index in [1.54, 1.807) is 0 Å². The summed E-state index contributed by atoms with van der Waals surface area (Å²) in [4.78, 5) is 12.9. The van der Waals surface area contributed by atoms with Crippen LogP contribution in [0.4, 0.5) is 9.70 Å². The molecule has 1 aromatic rings. The first kappa shape index (κ1) is 12.3. The molecule has 1 saturated heterocycles. The van der Waals surface area contributed by atoms with E-state index in [1.165, 1.54) is 11.0 Å². The van der Waals surface area contributed by atoms with E-state index in [9.17, 15) is 17.1 Å². The Balaban J connectivity index is 2.10. The summed E-state index contributed by atoms with van der Waals surface area (Å²) in [5, 5.41) is 6.51. The van der Waals surface area contributed by atoms with Gasteiger partial charge in [-0.05, 0) is 0 Å². The number of aromatic amines is 1. The molecule has 0 spiro atoms. The van der Waals surface area contributed by atoms with Crippen LogP contribution in [0.5, 0.6) is 0 Å². The standard InChI is InChI=1S/C8H9ClFN3O3S/c9-6-2-7(12-11-6)13-3-5(1-8(13)14)4-17(10,15)16/h2,5H,1,3-4H2,(H,11,12). The number of H-pyrrole nitrogens is 1. The largest absolute Gasteiger partial charge is 0.302 e. The van der Waals surface area contributed by atoms with Crippen molar-refractivity contribution in [3.8, 4) is 0 Å². The van der Waals surface area contributed by atoms with Crippen LogP contribution in [0.25, 0.3) is 0 Å². The lowest BCUT2D eigenvalue weighted by Crippen LogP contribution is -2.25. The van der Waals surface area contributed by atoms with E-state index >= 15 is 0 Å². The Morgan fingerprint density at radius 2 is 2.35 bits per heavy atom. The average molecular weight is 282 g/mol. The molecule has 0 saturated carbocycles. The number of aromatic nitrogens is 2. The minimum atomic E-state index is -4.56. The molecular formula is C8H9ClFN3O3S. The molecule has 17 heavy (non-hydrogen) atoms. The fourth-order valence-electron chi connectivity index (χ4n) is 1.82. The molecule has 1 unspecified atom stereocenters. The minimum Gasteiger partial charge on any atom is -0.295 e. The number of rotatable bonds is 3. The molecule has 2 heterocycles. The van der Waals surface area contributed by atoms with Crippen LogP contribution in [-0.4, -0.2) is 36.8 Å². The summed E-state index contributed by atoms with van der Waals surface area (Å²) < 4.78 is 33.5. The number of anilines is 1. The van der Waals surface area contributed by atoms with Gasteiger partial charge in [-0.3, -0.25) is 14.8 Å². The second kappa shape index (κ2) is 4.26. The van der Waals surface area contributed by atoms with Crippen LogP contribution >= 0.6 is 11.6 Å². The molecule has 1 aliphatic heterocycles. The van der Waals surface area contributed by atoms with Gasteiger partial charge in [0.1, 0.15) is 5.15 Å². The summed E-state index contributed by atoms with van der Waals surface area (Å²) in [6.07, 6.45) is -0.00632. The highest BCUT2D eigenvalue weighted by atomic mass is 35.5. The minimum absolute atomic E-state index is 0.00632. The first-order chi connectivity index (χ1) is 7.85. The van der Waals surface area contributed by atoms with E-state index in [2.05, 4.69) is 10.2 Å². The Labute approximate surface area is 102 Å². The lowest BCUT2D eigenvalue weighted by Gasteiger charge is -2.12. The quantitative estimate of drug-likeness (QED) is 0.827. The van der Waals surface area contributed by atoms with Gasteiger partial charge in [0.15, 0.2) is 5.82 Å². The van der Waals surface area contributed by atoms with Crippen LogP contribution in [0, 0.1) is 5.92 Å². The zero-order chi connectivity index (χ0) is 12.6. The van der Waals surface area contributed by atoms with Gasteiger partial charge < -0.3 is 0 Å². The molecule has 6 nitrogen and oxygen atoms in total. The Morgan fingerprint density at radius 3 is 2.88 bits per heavy atom. The van der Waals surface area contributed by atoms with E-state index in [0.717, 1.165) is 0 Å². The smallest absolute Gasteiger partial charge is 0.295 e. The maximum absolute atomic E-state index is 12.5. The highest BCUT2D eigenvalue weighted by Crippen LogP contribution is 2.26. The number of hydrogen-bond acceptors (Lipinski definition) is 4. The number of carbonyl (C=O) groups is 1. The molecule has 1 N–H and O–H groups in total. The first-order valence-corrected chi connectivity index (χ1v) is 6.72. The van der Waals surface area contributed by atoms with E-state index in [0.29, 0.717) is 5.82 Å². The topological polar surface area (TPSA) is 83.1 Å². The fraction of sp³-hybridized carbons (Fsp3) is 0.500. The van der Waals surface area contributed by atoms with E-state index < -0.39 is 21.9 Å². The van der Waals surface area contributed by atoms with Gasteiger partial charge in [0, 0.05) is 24.9 Å². The number of amides is 1. The predicted octanol–water partition coefficient (Wildman–Crippen LogP) is 0.715. The summed E-state index contributed by atoms with van der Waals surface area (Å²) in [6.45, 7) is 0.128. The maximum atomic E-state index is 12.5. The summed E-state index contributed by atoms with van der Waals surface area (Å²) in [5.41, 5.74) is 0. The van der Waals surface area contributed by atoms with Gasteiger partial charge in [0.2, 0.25) is 5.91 Å². The molecule has 1 fully saturated rings. The number of hydrogen-bond donors (Lipinski definition) is 1. The van der Waals surface area contributed by atoms with Gasteiger partial charge in [-0.1, -0.05) is 11.6 Å². The van der Waals surface area contributed by atoms with Gasteiger partial charge in [-0.25, -0.2) is 0 Å². The molecule has 94 valence electrons. The lowest BCUT2D eigenvalue weighted by molar-refractivity contribution is -0.117. The van der Waals surface area contributed by atoms with Crippen molar-refractivity contribution in [1.29, 1.82) is 0 Å². The van der Waals surface area contributed by atoms with Gasteiger partial charge in [-0.15, -0.1) is 3.89 Å². The molecule has 1 aliphatic rings. The van der Waals surface area contributed by atoms with Crippen molar-refractivity contribution < 1.29 is 17.1 Å². The molecule has 2 rings (SSSR count). The van der Waals surface area contributed by atoms with Gasteiger partial charge in [-0.2, -0.15) is 13.5 Å². The molecule has 1 aromatic heterocycles. The third-order valence-electron chi connectivity index (χ3n) is 2.45. The van der Waals surface area contributed by atoms with Crippen LogP contribution in [0.15, 0.2) is 6.07 Å². The number of halogens is 2. The monoisotopic (exact) mass is 281 g/mol. The lowest BCUT2D eigenvalue weighted by atomic mass is 10.1. The molecule has 0 aliphatic carbocycles. The third kappa shape index (κ3) is 2.95. The predicted molar refractivity (Wildman–Crippen MR) is 59.0 cm³/mol. The van der Waals surface area contributed by atoms with Crippen molar-refractivity contribution in [3.05, 3.63) is 11.2 Å². The zero-order valence-electron chi connectivity index (χ0n) is 8.56. The van der Waals surface area contributed by atoms with Gasteiger partial charge in [0.05, 0.1) is 5.75 Å². The third-order valence-corrected chi connectivity index (χ3v) is 3.51. The summed E-state index contributed by atoms with van der Waals surface area (Å²) >= 11 is 5.62. The van der Waals surface area contributed by atoms with Crippen LogP contribution < -0.4 is 4.90 Å². The number of carbonyl (C=O) groups excluding carboxylic acids is 1. The van der Waals surface area contributed by atoms with Crippen LogP contribution in [0.2, 0.25) is 5.15 Å². The van der Waals surface area contributed by atoms with Crippen LogP contribution in [0.3, 0.4) is 0 Å². The Morgan fingerprint density at radius 1 is 1.65 bits per heavy atom. The van der Waals surface area contributed by atoms with Crippen molar-refractivity contribution in [2.24, 2.45) is 5.92 Å². The summed E-state index contributed by atoms with van der Waals surface area (Å²) in [7, 11) is -4.56. The Bertz CT molecular complexity index is 544. The van der Waals surface area contributed by atoms with Crippen molar-refractivity contribution in [2.45, 2.75) is 6.42 Å². The second-order valence-corrected chi connectivity index (χ2v) is 5.67. The molecule has 1 atom stereocenters. The van der Waals surface area contributed by atoms with E-state index in [-0.39, 0.29) is 24.0 Å². The number of nitrogens with one attached hydrogen (secondary N) is 1. The molecule has 1 amide bonds. The van der Waals surface area contributed by atoms with Crippen molar-refractivity contribution in [3.63, 3.8) is 0 Å². The SMILES string of the molecule is O=C1CC(CS(=O)(=O)F)CN1c1cc(Cl)[nH]n1. The van der Waals surface area contributed by atoms with Gasteiger partial charge >= 0.3 is 10.2 Å². The first-order valence-electron chi connectivity index (χ1n) is 4.79. The number of nitrogens with zero attached hydrogens (tertiary/aromatic N) is 2. The summed E-state index contributed by atoms with van der Waals surface area (Å²) in [5.74, 6) is -1.17. The van der Waals surface area contributed by atoms with Crippen molar-refractivity contribution in [2.75, 3.05) is 17.2 Å². The second-order valence-electron chi connectivity index (χ2n) is 3.85. The van der Waals surface area contributed by atoms with Crippen molar-refractivity contribution in [1.82, 2.24) is 10.2 Å². The zero-order valence-corrected chi connectivity index (χ0v) is 10.1. The van der Waals surface area contributed by atoms with E-state index in [1.807, 2.05) is 0 Å². The Hall–Kier alpha value is -1.15. The highest BCUT2D eigenvalue weighted by Gasteiger charge is 2.34. The van der Waals surface area contributed by atoms with Gasteiger partial charge in [0.25, 0.3) is 0 Å². The Kier molecular flexibility index (Phi) is 3.09. The molecule has 0 aromatic carbocycles. The fourth-order valence-corrected chi connectivity index (χ4v) is 2.75. The maximum Gasteiger partial charge on any atom is 0.302 e. The van der Waals surface area contributed by atoms with Crippen LogP contribution in [0.1, 0.15) is 6.42 Å². The molecule has 0 bridgehead atoms. The average Bonchev–Trinajstić information content (AvgIpc) is 2.70. The summed E-state index contributed by atoms with van der Waals surface area (Å²) in [6, 6.07) is 1.45. The molecule has 0 radical (unpaired) electrons. The molecular weight excluding hydrogens is 273 g/mol. The molecule has 9 heteroatoms. The van der Waals surface area contributed by atoms with Crippen LogP contribution in [-0.2, 0) is 15.0 Å². The normalized spacial score (nSPS) is 21.2. The highest BCUT2D eigenvalue weighted by molar-refractivity contribution is 7.86.